The number of amides is 1. The van der Waals surface area contributed by atoms with Gasteiger partial charge >= 0.3 is 0 Å². The van der Waals surface area contributed by atoms with Crippen molar-refractivity contribution in [3.05, 3.63) is 53.6 Å². The van der Waals surface area contributed by atoms with Gasteiger partial charge in [-0.2, -0.15) is 0 Å². The van der Waals surface area contributed by atoms with Crippen LogP contribution in [-0.4, -0.2) is 26.0 Å². The van der Waals surface area contributed by atoms with Crippen molar-refractivity contribution in [2.45, 2.75) is 6.42 Å². The van der Waals surface area contributed by atoms with Crippen LogP contribution in [0.25, 0.3) is 6.08 Å². The van der Waals surface area contributed by atoms with E-state index in [0.29, 0.717) is 12.3 Å². The van der Waals surface area contributed by atoms with Gasteiger partial charge in [-0.05, 0) is 47.9 Å². The fourth-order valence-corrected chi connectivity index (χ4v) is 2.67. The van der Waals surface area contributed by atoms with Gasteiger partial charge in [-0.25, -0.2) is 0 Å². The summed E-state index contributed by atoms with van der Waals surface area (Å²) in [5, 5.41) is 2.87. The molecule has 2 aromatic rings. The van der Waals surface area contributed by atoms with Gasteiger partial charge in [0.15, 0.2) is 23.0 Å². The zero-order valence-electron chi connectivity index (χ0n) is 13.5. The Hall–Kier alpha value is -3.15. The molecular weight excluding hydrogens is 322 g/mol. The molecule has 0 atom stereocenters. The predicted molar refractivity (Wildman–Crippen MR) is 90.9 cm³/mol. The maximum atomic E-state index is 11.9. The van der Waals surface area contributed by atoms with Gasteiger partial charge in [0.05, 0.1) is 0 Å². The zero-order chi connectivity index (χ0) is 17.1. The molecule has 4 rings (SSSR count). The van der Waals surface area contributed by atoms with Crippen molar-refractivity contribution < 1.29 is 23.7 Å². The molecule has 0 bridgehead atoms. The van der Waals surface area contributed by atoms with E-state index in [1.54, 1.807) is 6.08 Å². The van der Waals surface area contributed by atoms with Crippen molar-refractivity contribution in [1.82, 2.24) is 5.32 Å². The Bertz CT molecular complexity index is 831. The van der Waals surface area contributed by atoms with Crippen molar-refractivity contribution in [3.63, 3.8) is 0 Å². The van der Waals surface area contributed by atoms with Gasteiger partial charge in [-0.15, -0.1) is 0 Å². The second-order valence-electron chi connectivity index (χ2n) is 5.67. The highest BCUT2D eigenvalue weighted by atomic mass is 16.7. The highest BCUT2D eigenvalue weighted by Gasteiger charge is 2.13. The van der Waals surface area contributed by atoms with Crippen molar-refractivity contribution >= 4 is 12.0 Å². The number of ether oxygens (including phenoxy) is 4. The number of rotatable bonds is 5. The summed E-state index contributed by atoms with van der Waals surface area (Å²) >= 11 is 0. The van der Waals surface area contributed by atoms with E-state index in [4.69, 9.17) is 18.9 Å². The fourth-order valence-electron chi connectivity index (χ4n) is 2.67. The molecular formula is C19H17NO5. The van der Waals surface area contributed by atoms with Crippen LogP contribution in [0.2, 0.25) is 0 Å². The van der Waals surface area contributed by atoms with Crippen LogP contribution < -0.4 is 24.3 Å². The van der Waals surface area contributed by atoms with Crippen LogP contribution in [-0.2, 0) is 11.2 Å². The SMILES string of the molecule is O=C(/C=C/c1ccc2c(c1)OCO2)NCCc1ccc2c(c1)OCO2. The molecule has 0 fully saturated rings. The Morgan fingerprint density at radius 1 is 0.920 bits per heavy atom. The topological polar surface area (TPSA) is 66.0 Å². The van der Waals surface area contributed by atoms with Gasteiger partial charge in [-0.1, -0.05) is 12.1 Å². The van der Waals surface area contributed by atoms with E-state index in [1.165, 1.54) is 6.08 Å². The number of hydrogen-bond donors (Lipinski definition) is 1. The summed E-state index contributed by atoms with van der Waals surface area (Å²) in [7, 11) is 0. The lowest BCUT2D eigenvalue weighted by atomic mass is 10.1. The van der Waals surface area contributed by atoms with E-state index < -0.39 is 0 Å². The van der Waals surface area contributed by atoms with Crippen LogP contribution in [0.4, 0.5) is 0 Å². The molecule has 25 heavy (non-hydrogen) atoms. The monoisotopic (exact) mass is 339 g/mol. The molecule has 0 saturated heterocycles. The third-order valence-electron chi connectivity index (χ3n) is 3.97. The molecule has 0 aliphatic carbocycles. The van der Waals surface area contributed by atoms with Gasteiger partial charge in [0.25, 0.3) is 0 Å². The van der Waals surface area contributed by atoms with Gasteiger partial charge in [0, 0.05) is 12.6 Å². The second kappa shape index (κ2) is 6.76. The Morgan fingerprint density at radius 2 is 1.60 bits per heavy atom. The summed E-state index contributed by atoms with van der Waals surface area (Å²) in [5.41, 5.74) is 1.97. The first kappa shape index (κ1) is 15.4. The van der Waals surface area contributed by atoms with Crippen LogP contribution >= 0.6 is 0 Å². The number of carbonyl (C=O) groups is 1. The lowest BCUT2D eigenvalue weighted by Crippen LogP contribution is -2.23. The minimum Gasteiger partial charge on any atom is -0.454 e. The predicted octanol–water partition coefficient (Wildman–Crippen LogP) is 2.52. The molecule has 128 valence electrons. The minimum atomic E-state index is -0.140. The molecule has 2 aliphatic rings. The molecule has 2 heterocycles. The number of benzene rings is 2. The Balaban J connectivity index is 1.27. The largest absolute Gasteiger partial charge is 0.454 e. The quantitative estimate of drug-likeness (QED) is 0.848. The van der Waals surface area contributed by atoms with Crippen molar-refractivity contribution in [2.24, 2.45) is 0 Å². The first-order chi connectivity index (χ1) is 12.3. The fraction of sp³-hybridized carbons (Fsp3) is 0.211. The third kappa shape index (κ3) is 3.52. The summed E-state index contributed by atoms with van der Waals surface area (Å²) in [6.45, 7) is 1.05. The van der Waals surface area contributed by atoms with Crippen molar-refractivity contribution in [2.75, 3.05) is 20.1 Å². The number of hydrogen-bond acceptors (Lipinski definition) is 5. The molecule has 2 aromatic carbocycles. The Morgan fingerprint density at radius 3 is 2.40 bits per heavy atom. The van der Waals surface area contributed by atoms with E-state index in [-0.39, 0.29) is 19.5 Å². The molecule has 1 amide bonds. The smallest absolute Gasteiger partial charge is 0.244 e. The minimum absolute atomic E-state index is 0.140. The van der Waals surface area contributed by atoms with Gasteiger partial charge in [-0.3, -0.25) is 4.79 Å². The van der Waals surface area contributed by atoms with Crippen molar-refractivity contribution in [1.29, 1.82) is 0 Å². The molecule has 6 nitrogen and oxygen atoms in total. The number of nitrogens with one attached hydrogen (secondary N) is 1. The average Bonchev–Trinajstić information content (AvgIpc) is 3.28. The van der Waals surface area contributed by atoms with Crippen LogP contribution in [0.5, 0.6) is 23.0 Å². The summed E-state index contributed by atoms with van der Waals surface area (Å²) in [6, 6.07) is 11.4. The molecule has 0 aromatic heterocycles. The Kier molecular flexibility index (Phi) is 4.16. The van der Waals surface area contributed by atoms with E-state index >= 15 is 0 Å². The van der Waals surface area contributed by atoms with Gasteiger partial charge in [0.2, 0.25) is 19.5 Å². The van der Waals surface area contributed by atoms with E-state index in [0.717, 1.165) is 34.8 Å². The molecule has 6 heteroatoms. The summed E-state index contributed by atoms with van der Waals surface area (Å²) in [5.74, 6) is 2.81. The molecule has 0 unspecified atom stereocenters. The van der Waals surface area contributed by atoms with Crippen LogP contribution in [0.3, 0.4) is 0 Å². The lowest BCUT2D eigenvalue weighted by molar-refractivity contribution is -0.116. The van der Waals surface area contributed by atoms with E-state index in [9.17, 15) is 4.79 Å². The van der Waals surface area contributed by atoms with Gasteiger partial charge < -0.3 is 24.3 Å². The third-order valence-corrected chi connectivity index (χ3v) is 3.97. The summed E-state index contributed by atoms with van der Waals surface area (Å²) in [4.78, 5) is 11.9. The first-order valence-corrected chi connectivity index (χ1v) is 8.02. The van der Waals surface area contributed by atoms with Crippen molar-refractivity contribution in [3.8, 4) is 23.0 Å². The Labute approximate surface area is 145 Å². The molecule has 1 N–H and O–H groups in total. The van der Waals surface area contributed by atoms with Crippen LogP contribution in [0.15, 0.2) is 42.5 Å². The van der Waals surface area contributed by atoms with E-state index in [1.807, 2.05) is 36.4 Å². The standard InChI is InChI=1S/C19H17NO5/c21-19(6-3-13-1-4-15-17(9-13)24-11-22-15)20-8-7-14-2-5-16-18(10-14)25-12-23-16/h1-6,9-10H,7-8,11-12H2,(H,20,21)/b6-3+. The second-order valence-corrected chi connectivity index (χ2v) is 5.67. The highest BCUT2D eigenvalue weighted by molar-refractivity contribution is 5.91. The molecule has 0 radical (unpaired) electrons. The summed E-state index contributed by atoms with van der Waals surface area (Å²) < 4.78 is 21.2. The highest BCUT2D eigenvalue weighted by Crippen LogP contribution is 2.33. The average molecular weight is 339 g/mol. The molecule has 0 spiro atoms. The maximum absolute atomic E-state index is 11.9. The van der Waals surface area contributed by atoms with E-state index in [2.05, 4.69) is 5.32 Å². The zero-order valence-corrected chi connectivity index (χ0v) is 13.5. The summed E-state index contributed by atoms with van der Waals surface area (Å²) in [6.07, 6.45) is 3.98. The molecule has 0 saturated carbocycles. The maximum Gasteiger partial charge on any atom is 0.244 e. The number of carbonyl (C=O) groups excluding carboxylic acids is 1. The van der Waals surface area contributed by atoms with Crippen LogP contribution in [0, 0.1) is 0 Å². The van der Waals surface area contributed by atoms with Gasteiger partial charge in [0.1, 0.15) is 0 Å². The normalized spacial score (nSPS) is 14.1. The lowest BCUT2D eigenvalue weighted by Gasteiger charge is -2.04. The number of fused-ring (bicyclic) bond motifs is 2. The molecule has 2 aliphatic heterocycles. The van der Waals surface area contributed by atoms with Crippen LogP contribution in [0.1, 0.15) is 11.1 Å². The first-order valence-electron chi connectivity index (χ1n) is 8.02.